The highest BCUT2D eigenvalue weighted by atomic mass is 32.2. The highest BCUT2D eigenvalue weighted by molar-refractivity contribution is 7.98. The molecule has 0 saturated heterocycles. The van der Waals surface area contributed by atoms with E-state index in [1.165, 1.54) is 40.8 Å². The van der Waals surface area contributed by atoms with Crippen LogP contribution in [0.4, 0.5) is 24.7 Å². The molecule has 1 N–H and O–H groups in total. The predicted octanol–water partition coefficient (Wildman–Crippen LogP) is 6.05. The first-order chi connectivity index (χ1) is 12.5. The smallest absolute Gasteiger partial charge is 0.340 e. The zero-order chi connectivity index (χ0) is 18.3. The molecule has 1 aliphatic carbocycles. The number of thiophene rings is 1. The van der Waals surface area contributed by atoms with E-state index in [9.17, 15) is 13.2 Å². The van der Waals surface area contributed by atoms with Gasteiger partial charge in [0.1, 0.15) is 10.6 Å². The molecule has 2 aromatic heterocycles. The Labute approximate surface area is 157 Å². The summed E-state index contributed by atoms with van der Waals surface area (Å²) in [5, 5.41) is 4.89. The zero-order valence-electron chi connectivity index (χ0n) is 14.0. The molecule has 0 unspecified atom stereocenters. The normalized spacial score (nSPS) is 14.5. The van der Waals surface area contributed by atoms with Crippen molar-refractivity contribution >= 4 is 44.8 Å². The molecule has 0 amide bonds. The second-order valence-corrected chi connectivity index (χ2v) is 8.01. The minimum atomic E-state index is -4.33. The van der Waals surface area contributed by atoms with Gasteiger partial charge < -0.3 is 5.32 Å². The number of halogens is 3. The maximum atomic E-state index is 12.8. The van der Waals surface area contributed by atoms with Crippen LogP contribution < -0.4 is 5.32 Å². The number of hydrogen-bond acceptors (Lipinski definition) is 5. The summed E-state index contributed by atoms with van der Waals surface area (Å²) in [5.74, 6) is 0.679. The van der Waals surface area contributed by atoms with Crippen molar-refractivity contribution < 1.29 is 13.2 Å². The van der Waals surface area contributed by atoms with E-state index in [0.717, 1.165) is 41.6 Å². The van der Waals surface area contributed by atoms with Crippen molar-refractivity contribution in [2.45, 2.75) is 37.0 Å². The summed E-state index contributed by atoms with van der Waals surface area (Å²) in [7, 11) is 0. The van der Waals surface area contributed by atoms with Gasteiger partial charge in [0.05, 0.1) is 10.9 Å². The number of alkyl halides is 3. The first kappa shape index (κ1) is 17.6. The van der Waals surface area contributed by atoms with Gasteiger partial charge in [-0.3, -0.25) is 0 Å². The number of fused-ring (bicyclic) bond motifs is 3. The lowest BCUT2D eigenvalue weighted by atomic mass is 9.97. The first-order valence-corrected chi connectivity index (χ1v) is 10.3. The Balaban J connectivity index is 1.76. The summed E-state index contributed by atoms with van der Waals surface area (Å²) >= 11 is 3.16. The molecule has 26 heavy (non-hydrogen) atoms. The molecule has 0 radical (unpaired) electrons. The number of nitrogens with zero attached hydrogens (tertiary/aromatic N) is 2. The van der Waals surface area contributed by atoms with Crippen LogP contribution in [0.5, 0.6) is 0 Å². The van der Waals surface area contributed by atoms with E-state index in [0.29, 0.717) is 16.7 Å². The van der Waals surface area contributed by atoms with E-state index in [4.69, 9.17) is 0 Å². The molecule has 0 spiro atoms. The Morgan fingerprint density at radius 3 is 2.50 bits per heavy atom. The first-order valence-electron chi connectivity index (χ1n) is 8.26. The van der Waals surface area contributed by atoms with Crippen molar-refractivity contribution in [3.8, 4) is 0 Å². The molecule has 0 fully saturated rings. The van der Waals surface area contributed by atoms with Gasteiger partial charge in [0.25, 0.3) is 0 Å². The second kappa shape index (κ2) is 6.74. The third-order valence-corrected chi connectivity index (χ3v) is 6.19. The Kier molecular flexibility index (Phi) is 4.56. The lowest BCUT2D eigenvalue weighted by molar-refractivity contribution is -0.137. The number of thioether (sulfide) groups is 1. The van der Waals surface area contributed by atoms with Crippen molar-refractivity contribution in [1.82, 2.24) is 9.97 Å². The number of rotatable bonds is 3. The van der Waals surface area contributed by atoms with Crippen molar-refractivity contribution in [3.63, 3.8) is 0 Å². The summed E-state index contributed by atoms with van der Waals surface area (Å²) in [4.78, 5) is 11.5. The van der Waals surface area contributed by atoms with Crippen LogP contribution in [-0.2, 0) is 19.0 Å². The van der Waals surface area contributed by atoms with Gasteiger partial charge in [-0.1, -0.05) is 11.8 Å². The van der Waals surface area contributed by atoms with Crippen LogP contribution in [0.25, 0.3) is 10.2 Å². The van der Waals surface area contributed by atoms with Gasteiger partial charge in [0.15, 0.2) is 5.16 Å². The third-order valence-electron chi connectivity index (χ3n) is 4.45. The topological polar surface area (TPSA) is 37.8 Å². The lowest BCUT2D eigenvalue weighted by Gasteiger charge is -2.13. The molecule has 8 heteroatoms. The Hall–Kier alpha value is -1.80. The predicted molar refractivity (Wildman–Crippen MR) is 101 cm³/mol. The van der Waals surface area contributed by atoms with Crippen LogP contribution in [0, 0.1) is 0 Å². The van der Waals surface area contributed by atoms with Crippen molar-refractivity contribution in [3.05, 3.63) is 40.3 Å². The van der Waals surface area contributed by atoms with E-state index in [-0.39, 0.29) is 0 Å². The summed E-state index contributed by atoms with van der Waals surface area (Å²) in [5.41, 5.74) is 1.22. The Morgan fingerprint density at radius 1 is 1.08 bits per heavy atom. The Bertz CT molecular complexity index is 949. The lowest BCUT2D eigenvalue weighted by Crippen LogP contribution is -2.05. The largest absolute Gasteiger partial charge is 0.416 e. The van der Waals surface area contributed by atoms with Crippen LogP contribution in [0.15, 0.2) is 29.4 Å². The zero-order valence-corrected chi connectivity index (χ0v) is 15.6. The molecule has 3 nitrogen and oxygen atoms in total. The van der Waals surface area contributed by atoms with E-state index in [2.05, 4.69) is 15.3 Å². The summed E-state index contributed by atoms with van der Waals surface area (Å²) in [6, 6.07) is 5.04. The molecular weight excluding hydrogens is 379 g/mol. The number of hydrogen-bond donors (Lipinski definition) is 1. The fraction of sp³-hybridized carbons (Fsp3) is 0.333. The fourth-order valence-electron chi connectivity index (χ4n) is 3.20. The minimum absolute atomic E-state index is 0.584. The number of aromatic nitrogens is 2. The van der Waals surface area contributed by atoms with Gasteiger partial charge in [-0.05, 0) is 61.8 Å². The molecule has 1 aromatic carbocycles. The molecule has 2 heterocycles. The SMILES string of the molecule is CSc1nc(Nc2ccc(C(F)(F)F)cc2)c2c3c(sc2n1)CCCC3. The highest BCUT2D eigenvalue weighted by Crippen LogP contribution is 2.40. The minimum Gasteiger partial charge on any atom is -0.340 e. The average Bonchev–Trinajstić information content (AvgIpc) is 3.00. The number of anilines is 2. The number of nitrogens with one attached hydrogen (secondary N) is 1. The van der Waals surface area contributed by atoms with Crippen molar-refractivity contribution in [2.24, 2.45) is 0 Å². The molecule has 0 atom stereocenters. The molecule has 136 valence electrons. The van der Waals surface area contributed by atoms with Crippen LogP contribution in [0.3, 0.4) is 0 Å². The number of benzene rings is 1. The van der Waals surface area contributed by atoms with Gasteiger partial charge in [-0.25, -0.2) is 9.97 Å². The monoisotopic (exact) mass is 395 g/mol. The third kappa shape index (κ3) is 3.27. The molecular formula is C18H16F3N3S2. The molecule has 0 aliphatic heterocycles. The molecule has 0 bridgehead atoms. The van der Waals surface area contributed by atoms with Gasteiger partial charge >= 0.3 is 6.18 Å². The van der Waals surface area contributed by atoms with Crippen LogP contribution in [-0.4, -0.2) is 16.2 Å². The van der Waals surface area contributed by atoms with Crippen LogP contribution in [0.1, 0.15) is 28.8 Å². The molecule has 3 aromatic rings. The van der Waals surface area contributed by atoms with Crippen LogP contribution in [0.2, 0.25) is 0 Å². The summed E-state index contributed by atoms with van der Waals surface area (Å²) < 4.78 is 38.3. The summed E-state index contributed by atoms with van der Waals surface area (Å²) in [6.07, 6.45) is 1.96. The van der Waals surface area contributed by atoms with Gasteiger partial charge in [-0.2, -0.15) is 13.2 Å². The maximum absolute atomic E-state index is 12.8. The fourth-order valence-corrected chi connectivity index (χ4v) is 4.88. The standard InChI is InChI=1S/C18H16F3N3S2/c1-25-17-23-15(22-11-8-6-10(7-9-11)18(19,20)21)14-12-4-2-3-5-13(12)26-16(14)24-17/h6-9H,2-5H2,1H3,(H,22,23,24). The highest BCUT2D eigenvalue weighted by Gasteiger charge is 2.30. The average molecular weight is 395 g/mol. The molecule has 1 aliphatic rings. The maximum Gasteiger partial charge on any atom is 0.416 e. The van der Waals surface area contributed by atoms with Gasteiger partial charge in [0.2, 0.25) is 0 Å². The molecule has 0 saturated carbocycles. The second-order valence-electron chi connectivity index (χ2n) is 6.15. The van der Waals surface area contributed by atoms with E-state index < -0.39 is 11.7 Å². The van der Waals surface area contributed by atoms with Crippen molar-refractivity contribution in [1.29, 1.82) is 0 Å². The quantitative estimate of drug-likeness (QED) is 0.432. The van der Waals surface area contributed by atoms with E-state index in [1.54, 1.807) is 11.3 Å². The summed E-state index contributed by atoms with van der Waals surface area (Å²) in [6.45, 7) is 0. The van der Waals surface area contributed by atoms with Gasteiger partial charge in [0, 0.05) is 10.6 Å². The van der Waals surface area contributed by atoms with E-state index >= 15 is 0 Å². The Morgan fingerprint density at radius 2 is 1.81 bits per heavy atom. The molecule has 4 rings (SSSR count). The van der Waals surface area contributed by atoms with Crippen LogP contribution >= 0.6 is 23.1 Å². The number of aryl methyl sites for hydroxylation is 2. The van der Waals surface area contributed by atoms with Gasteiger partial charge in [-0.15, -0.1) is 11.3 Å². The van der Waals surface area contributed by atoms with E-state index in [1.807, 2.05) is 6.26 Å². The van der Waals surface area contributed by atoms with Crippen molar-refractivity contribution in [2.75, 3.05) is 11.6 Å².